The summed E-state index contributed by atoms with van der Waals surface area (Å²) >= 11 is 0. The molecule has 0 N–H and O–H groups in total. The summed E-state index contributed by atoms with van der Waals surface area (Å²) in [6.45, 7) is 9.45. The number of amides is 1. The number of benzene rings is 1. The Morgan fingerprint density at radius 3 is 2.29 bits per heavy atom. The molecule has 0 bridgehead atoms. The van der Waals surface area contributed by atoms with Crippen LogP contribution in [0.5, 0.6) is 5.75 Å². The van der Waals surface area contributed by atoms with Crippen molar-refractivity contribution in [3.05, 3.63) is 29.8 Å². The van der Waals surface area contributed by atoms with Gasteiger partial charge >= 0.3 is 0 Å². The van der Waals surface area contributed by atoms with Crippen molar-refractivity contribution >= 4 is 5.91 Å². The van der Waals surface area contributed by atoms with Crippen molar-refractivity contribution in [2.45, 2.75) is 38.8 Å². The van der Waals surface area contributed by atoms with E-state index in [9.17, 15) is 4.79 Å². The van der Waals surface area contributed by atoms with Gasteiger partial charge in [0.05, 0.1) is 13.2 Å². The molecule has 132 valence electrons. The molecule has 1 aromatic carbocycles. The van der Waals surface area contributed by atoms with E-state index in [1.54, 1.807) is 0 Å². The highest BCUT2D eigenvalue weighted by atomic mass is 16.5. The zero-order valence-corrected chi connectivity index (χ0v) is 14.7. The van der Waals surface area contributed by atoms with Crippen molar-refractivity contribution in [1.29, 1.82) is 0 Å². The van der Waals surface area contributed by atoms with Crippen LogP contribution in [0.2, 0.25) is 0 Å². The Morgan fingerprint density at radius 2 is 1.71 bits per heavy atom. The molecule has 2 heterocycles. The van der Waals surface area contributed by atoms with Crippen molar-refractivity contribution in [3.63, 3.8) is 0 Å². The lowest BCUT2D eigenvalue weighted by molar-refractivity contribution is 0.0255. The summed E-state index contributed by atoms with van der Waals surface area (Å²) in [5, 5.41) is 0. The first-order valence-corrected chi connectivity index (χ1v) is 9.01. The maximum absolute atomic E-state index is 12.6. The topological polar surface area (TPSA) is 42.0 Å². The number of carbonyl (C=O) groups excluding carboxylic acids is 1. The summed E-state index contributed by atoms with van der Waals surface area (Å²) in [7, 11) is 0. The van der Waals surface area contributed by atoms with Gasteiger partial charge in [0.1, 0.15) is 11.9 Å². The van der Waals surface area contributed by atoms with Crippen LogP contribution in [0.4, 0.5) is 0 Å². The van der Waals surface area contributed by atoms with Gasteiger partial charge in [-0.2, -0.15) is 0 Å². The molecular formula is C19H28N2O3. The summed E-state index contributed by atoms with van der Waals surface area (Å²) in [4.78, 5) is 17.0. The smallest absolute Gasteiger partial charge is 0.253 e. The van der Waals surface area contributed by atoms with Gasteiger partial charge in [-0.15, -0.1) is 0 Å². The minimum atomic E-state index is 0.121. The average Bonchev–Trinajstić information content (AvgIpc) is 2.63. The summed E-state index contributed by atoms with van der Waals surface area (Å²) in [5.74, 6) is 0.957. The first kappa shape index (κ1) is 17.2. The number of carbonyl (C=O) groups is 1. The van der Waals surface area contributed by atoms with E-state index in [-0.39, 0.29) is 12.0 Å². The molecule has 0 radical (unpaired) electrons. The lowest BCUT2D eigenvalue weighted by Gasteiger charge is -2.37. The van der Waals surface area contributed by atoms with Crippen LogP contribution in [0, 0.1) is 0 Å². The third-order valence-electron chi connectivity index (χ3n) is 4.90. The minimum absolute atomic E-state index is 0.121. The maximum Gasteiger partial charge on any atom is 0.253 e. The summed E-state index contributed by atoms with van der Waals surface area (Å²) < 4.78 is 11.3. The molecular weight excluding hydrogens is 303 g/mol. The van der Waals surface area contributed by atoms with Crippen molar-refractivity contribution in [3.8, 4) is 5.75 Å². The molecule has 2 aliphatic heterocycles. The molecule has 1 aromatic rings. The fourth-order valence-corrected chi connectivity index (χ4v) is 3.29. The predicted octanol–water partition coefficient (Wildman–Crippen LogP) is 2.41. The molecule has 5 nitrogen and oxygen atoms in total. The molecule has 0 unspecified atom stereocenters. The van der Waals surface area contributed by atoms with Crippen molar-refractivity contribution in [2.24, 2.45) is 0 Å². The fraction of sp³-hybridized carbons (Fsp3) is 0.632. The Bertz CT molecular complexity index is 530. The van der Waals surface area contributed by atoms with Gasteiger partial charge in [0, 0.05) is 50.6 Å². The Hall–Kier alpha value is -1.59. The van der Waals surface area contributed by atoms with Gasteiger partial charge in [-0.1, -0.05) is 0 Å². The lowest BCUT2D eigenvalue weighted by Crippen LogP contribution is -2.50. The number of hydrogen-bond acceptors (Lipinski definition) is 4. The van der Waals surface area contributed by atoms with Crippen LogP contribution >= 0.6 is 0 Å². The van der Waals surface area contributed by atoms with Gasteiger partial charge in [-0.25, -0.2) is 0 Å². The van der Waals surface area contributed by atoms with Gasteiger partial charge in [-0.05, 0) is 38.1 Å². The molecule has 24 heavy (non-hydrogen) atoms. The van der Waals surface area contributed by atoms with E-state index in [2.05, 4.69) is 18.7 Å². The molecule has 2 fully saturated rings. The zero-order chi connectivity index (χ0) is 16.9. The van der Waals surface area contributed by atoms with E-state index < -0.39 is 0 Å². The van der Waals surface area contributed by atoms with Crippen molar-refractivity contribution < 1.29 is 14.3 Å². The molecule has 2 aliphatic rings. The Labute approximate surface area is 144 Å². The molecule has 3 rings (SSSR count). The molecule has 0 saturated carbocycles. The largest absolute Gasteiger partial charge is 0.490 e. The zero-order valence-electron chi connectivity index (χ0n) is 14.7. The van der Waals surface area contributed by atoms with Crippen LogP contribution in [-0.4, -0.2) is 67.2 Å². The second-order valence-electron chi connectivity index (χ2n) is 6.88. The van der Waals surface area contributed by atoms with Crippen LogP contribution in [0.3, 0.4) is 0 Å². The van der Waals surface area contributed by atoms with Crippen LogP contribution in [0.15, 0.2) is 24.3 Å². The second-order valence-corrected chi connectivity index (χ2v) is 6.88. The van der Waals surface area contributed by atoms with E-state index in [0.717, 1.165) is 63.5 Å². The molecule has 1 amide bonds. The fourth-order valence-electron chi connectivity index (χ4n) is 3.29. The molecule has 0 aliphatic carbocycles. The van der Waals surface area contributed by atoms with Gasteiger partial charge in [0.25, 0.3) is 5.91 Å². The third kappa shape index (κ3) is 4.28. The standard InChI is InChI=1S/C19H28N2O3/c1-15(2)20-9-11-21(12-10-20)19(22)16-3-5-17(6-4-16)24-18-7-13-23-14-8-18/h3-6,15,18H,7-14H2,1-2H3/i19-1. The number of piperazine rings is 1. The van der Waals surface area contributed by atoms with Gasteiger partial charge in [0.15, 0.2) is 0 Å². The molecule has 0 atom stereocenters. The summed E-state index contributed by atoms with van der Waals surface area (Å²) in [6, 6.07) is 8.13. The first-order valence-electron chi connectivity index (χ1n) is 9.01. The highest BCUT2D eigenvalue weighted by Gasteiger charge is 2.23. The van der Waals surface area contributed by atoms with Gasteiger partial charge < -0.3 is 14.4 Å². The van der Waals surface area contributed by atoms with E-state index in [1.807, 2.05) is 29.2 Å². The monoisotopic (exact) mass is 331 g/mol. The SMILES string of the molecule is CC(C)N1CCN([11C](=O)c2ccc(OC3CCOCC3)cc2)CC1. The Kier molecular flexibility index (Phi) is 5.74. The molecule has 5 heteroatoms. The van der Waals surface area contributed by atoms with Gasteiger partial charge in [-0.3, -0.25) is 9.69 Å². The highest BCUT2D eigenvalue weighted by molar-refractivity contribution is 5.94. The number of rotatable bonds is 4. The van der Waals surface area contributed by atoms with E-state index in [4.69, 9.17) is 9.47 Å². The Balaban J connectivity index is 1.54. The summed E-state index contributed by atoms with van der Waals surface area (Å²) in [5.41, 5.74) is 0.743. The Morgan fingerprint density at radius 1 is 1.08 bits per heavy atom. The van der Waals surface area contributed by atoms with Gasteiger partial charge in [0.2, 0.25) is 0 Å². The molecule has 0 spiro atoms. The average molecular weight is 331 g/mol. The first-order chi connectivity index (χ1) is 11.6. The van der Waals surface area contributed by atoms with E-state index in [0.29, 0.717) is 6.04 Å². The number of nitrogens with zero attached hydrogens (tertiary/aromatic N) is 2. The normalized spacial score (nSPS) is 20.4. The molecule has 0 aromatic heterocycles. The predicted molar refractivity (Wildman–Crippen MR) is 93.5 cm³/mol. The number of ether oxygens (including phenoxy) is 2. The maximum atomic E-state index is 12.6. The van der Waals surface area contributed by atoms with E-state index in [1.165, 1.54) is 0 Å². The third-order valence-corrected chi connectivity index (χ3v) is 4.90. The van der Waals surface area contributed by atoms with Crippen LogP contribution < -0.4 is 4.74 Å². The highest BCUT2D eigenvalue weighted by Crippen LogP contribution is 2.19. The van der Waals surface area contributed by atoms with E-state index >= 15 is 0 Å². The quantitative estimate of drug-likeness (QED) is 0.850. The number of hydrogen-bond donors (Lipinski definition) is 0. The van der Waals surface area contributed by atoms with Crippen molar-refractivity contribution in [2.75, 3.05) is 39.4 Å². The molecule has 2 saturated heterocycles. The van der Waals surface area contributed by atoms with Crippen molar-refractivity contribution in [1.82, 2.24) is 9.80 Å². The van der Waals surface area contributed by atoms with Crippen LogP contribution in [0.25, 0.3) is 0 Å². The van der Waals surface area contributed by atoms with Crippen LogP contribution in [0.1, 0.15) is 37.0 Å². The lowest BCUT2D eigenvalue weighted by atomic mass is 9.85. The van der Waals surface area contributed by atoms with Crippen LogP contribution in [-0.2, 0) is 4.74 Å². The minimum Gasteiger partial charge on any atom is -0.490 e. The summed E-state index contributed by atoms with van der Waals surface area (Å²) in [6.07, 6.45) is 2.09. The second kappa shape index (κ2) is 7.99.